The number of hydrogen-bond donors (Lipinski definition) is 1. The van der Waals surface area contributed by atoms with E-state index >= 15 is 0 Å². The number of aliphatic carboxylic acids is 1. The van der Waals surface area contributed by atoms with Gasteiger partial charge >= 0.3 is 12.0 Å². The zero-order chi connectivity index (χ0) is 15.4. The van der Waals surface area contributed by atoms with Crippen LogP contribution in [0.5, 0.6) is 0 Å². The fourth-order valence-electron chi connectivity index (χ4n) is 2.71. The summed E-state index contributed by atoms with van der Waals surface area (Å²) in [6.45, 7) is 5.39. The molecule has 21 heavy (non-hydrogen) atoms. The van der Waals surface area contributed by atoms with Crippen LogP contribution in [0.4, 0.5) is 10.5 Å². The summed E-state index contributed by atoms with van der Waals surface area (Å²) < 4.78 is 0. The minimum atomic E-state index is -0.879. The fourth-order valence-corrected chi connectivity index (χ4v) is 2.71. The first kappa shape index (κ1) is 15.4. The molecule has 5 nitrogen and oxygen atoms in total. The van der Waals surface area contributed by atoms with E-state index in [0.717, 1.165) is 18.5 Å². The molecule has 0 saturated carbocycles. The molecule has 1 aromatic carbocycles. The molecule has 0 bridgehead atoms. The molecule has 0 aromatic heterocycles. The number of fused-ring (bicyclic) bond motifs is 1. The van der Waals surface area contributed by atoms with Gasteiger partial charge in [-0.15, -0.1) is 0 Å². The van der Waals surface area contributed by atoms with Gasteiger partial charge in [0.1, 0.15) is 0 Å². The molecule has 2 amide bonds. The molecule has 0 saturated heterocycles. The summed E-state index contributed by atoms with van der Waals surface area (Å²) in [5.74, 6) is -0.879. The highest BCUT2D eigenvalue weighted by molar-refractivity contribution is 5.93. The quantitative estimate of drug-likeness (QED) is 0.927. The molecule has 1 N–H and O–H groups in total. The Kier molecular flexibility index (Phi) is 4.83. The van der Waals surface area contributed by atoms with E-state index in [-0.39, 0.29) is 19.0 Å². The van der Waals surface area contributed by atoms with Crippen LogP contribution in [-0.2, 0) is 11.2 Å². The summed E-state index contributed by atoms with van der Waals surface area (Å²) in [5.41, 5.74) is 3.36. The lowest BCUT2D eigenvalue weighted by molar-refractivity contribution is -0.137. The fraction of sp³-hybridized carbons (Fsp3) is 0.500. The van der Waals surface area contributed by atoms with Gasteiger partial charge in [0.15, 0.2) is 0 Å². The van der Waals surface area contributed by atoms with Crippen molar-refractivity contribution < 1.29 is 14.7 Å². The lowest BCUT2D eigenvalue weighted by atomic mass is 10.00. The number of nitrogens with zero attached hydrogens (tertiary/aromatic N) is 2. The summed E-state index contributed by atoms with van der Waals surface area (Å²) in [5, 5.41) is 8.79. The SMILES string of the molecule is CCN(CCC(=O)O)C(=O)N1CCCc2cc(C)ccc21. The van der Waals surface area contributed by atoms with Crippen LogP contribution < -0.4 is 4.90 Å². The second-order valence-electron chi connectivity index (χ2n) is 5.39. The Bertz CT molecular complexity index is 542. The molecule has 1 heterocycles. The average molecular weight is 290 g/mol. The molecule has 0 aliphatic carbocycles. The Labute approximate surface area is 125 Å². The predicted octanol–water partition coefficient (Wildman–Crippen LogP) is 2.66. The molecule has 0 radical (unpaired) electrons. The first-order valence-electron chi connectivity index (χ1n) is 7.40. The molecule has 2 rings (SSSR count). The van der Waals surface area contributed by atoms with Crippen LogP contribution >= 0.6 is 0 Å². The maximum atomic E-state index is 12.6. The van der Waals surface area contributed by atoms with Crippen LogP contribution in [0, 0.1) is 6.92 Å². The summed E-state index contributed by atoms with van der Waals surface area (Å²) in [6, 6.07) is 6.04. The third-order valence-electron chi connectivity index (χ3n) is 3.83. The van der Waals surface area contributed by atoms with Crippen LogP contribution in [-0.4, -0.2) is 41.6 Å². The second kappa shape index (κ2) is 6.61. The molecule has 114 valence electrons. The normalized spacial score (nSPS) is 13.7. The van der Waals surface area contributed by atoms with Crippen molar-refractivity contribution in [1.29, 1.82) is 0 Å². The zero-order valence-corrected chi connectivity index (χ0v) is 12.6. The molecular weight excluding hydrogens is 268 g/mol. The minimum Gasteiger partial charge on any atom is -0.481 e. The standard InChI is InChI=1S/C16H22N2O3/c1-3-17(10-8-15(19)20)16(21)18-9-4-5-13-11-12(2)6-7-14(13)18/h6-7,11H,3-5,8-10H2,1-2H3,(H,19,20). The highest BCUT2D eigenvalue weighted by atomic mass is 16.4. The highest BCUT2D eigenvalue weighted by Crippen LogP contribution is 2.28. The minimum absolute atomic E-state index is 0.0197. The average Bonchev–Trinajstić information content (AvgIpc) is 2.46. The Morgan fingerprint density at radius 1 is 1.38 bits per heavy atom. The summed E-state index contributed by atoms with van der Waals surface area (Å²) in [4.78, 5) is 26.7. The van der Waals surface area contributed by atoms with Gasteiger partial charge in [-0.05, 0) is 38.3 Å². The molecule has 1 aromatic rings. The zero-order valence-electron chi connectivity index (χ0n) is 12.6. The largest absolute Gasteiger partial charge is 0.481 e. The number of amides is 2. The summed E-state index contributed by atoms with van der Waals surface area (Å²) in [7, 11) is 0. The monoisotopic (exact) mass is 290 g/mol. The van der Waals surface area contributed by atoms with Gasteiger partial charge in [0, 0.05) is 25.3 Å². The maximum absolute atomic E-state index is 12.6. The van der Waals surface area contributed by atoms with Crippen molar-refractivity contribution in [1.82, 2.24) is 4.90 Å². The Morgan fingerprint density at radius 2 is 2.14 bits per heavy atom. The van der Waals surface area contributed by atoms with E-state index in [1.807, 2.05) is 26.0 Å². The molecule has 1 aliphatic heterocycles. The maximum Gasteiger partial charge on any atom is 0.324 e. The van der Waals surface area contributed by atoms with Crippen molar-refractivity contribution in [2.45, 2.75) is 33.1 Å². The number of carboxylic acids is 1. The lowest BCUT2D eigenvalue weighted by Gasteiger charge is -2.34. The van der Waals surface area contributed by atoms with Gasteiger partial charge in [-0.2, -0.15) is 0 Å². The van der Waals surface area contributed by atoms with E-state index in [9.17, 15) is 9.59 Å². The van der Waals surface area contributed by atoms with Gasteiger partial charge in [-0.3, -0.25) is 9.69 Å². The van der Waals surface area contributed by atoms with Gasteiger partial charge in [-0.1, -0.05) is 17.7 Å². The molecule has 0 fully saturated rings. The third-order valence-corrected chi connectivity index (χ3v) is 3.83. The molecule has 1 aliphatic rings. The lowest BCUT2D eigenvalue weighted by Crippen LogP contribution is -2.46. The van der Waals surface area contributed by atoms with Crippen molar-refractivity contribution in [3.05, 3.63) is 29.3 Å². The summed E-state index contributed by atoms with van der Waals surface area (Å²) >= 11 is 0. The van der Waals surface area contributed by atoms with Crippen LogP contribution in [0.15, 0.2) is 18.2 Å². The molecule has 5 heteroatoms. The number of anilines is 1. The van der Waals surface area contributed by atoms with E-state index in [0.29, 0.717) is 13.1 Å². The number of carboxylic acid groups (broad SMARTS) is 1. The first-order valence-corrected chi connectivity index (χ1v) is 7.40. The van der Waals surface area contributed by atoms with Crippen molar-refractivity contribution in [3.63, 3.8) is 0 Å². The predicted molar refractivity (Wildman–Crippen MR) is 81.7 cm³/mol. The topological polar surface area (TPSA) is 60.9 Å². The molecule has 0 spiro atoms. The number of rotatable bonds is 4. The van der Waals surface area contributed by atoms with Gasteiger partial charge in [0.25, 0.3) is 0 Å². The Balaban J connectivity index is 2.18. The molecular formula is C16H22N2O3. The van der Waals surface area contributed by atoms with Crippen molar-refractivity contribution in [2.75, 3.05) is 24.5 Å². The van der Waals surface area contributed by atoms with E-state index in [2.05, 4.69) is 6.07 Å². The van der Waals surface area contributed by atoms with Crippen molar-refractivity contribution >= 4 is 17.7 Å². The number of carbonyl (C=O) groups is 2. The van der Waals surface area contributed by atoms with Gasteiger partial charge in [-0.25, -0.2) is 4.79 Å². The van der Waals surface area contributed by atoms with Crippen LogP contribution in [0.1, 0.15) is 30.9 Å². The second-order valence-corrected chi connectivity index (χ2v) is 5.39. The van der Waals surface area contributed by atoms with Crippen LogP contribution in [0.3, 0.4) is 0 Å². The van der Waals surface area contributed by atoms with E-state index < -0.39 is 5.97 Å². The molecule has 0 atom stereocenters. The van der Waals surface area contributed by atoms with Gasteiger partial charge < -0.3 is 10.0 Å². The number of hydrogen-bond acceptors (Lipinski definition) is 2. The van der Waals surface area contributed by atoms with Gasteiger partial charge in [0.05, 0.1) is 6.42 Å². The summed E-state index contributed by atoms with van der Waals surface area (Å²) in [6.07, 6.45) is 1.91. The van der Waals surface area contributed by atoms with Crippen LogP contribution in [0.25, 0.3) is 0 Å². The third kappa shape index (κ3) is 3.54. The first-order chi connectivity index (χ1) is 10.0. The number of aryl methyl sites for hydroxylation is 2. The van der Waals surface area contributed by atoms with Crippen molar-refractivity contribution in [2.24, 2.45) is 0 Å². The highest BCUT2D eigenvalue weighted by Gasteiger charge is 2.26. The van der Waals surface area contributed by atoms with Crippen molar-refractivity contribution in [3.8, 4) is 0 Å². The Morgan fingerprint density at radius 3 is 2.81 bits per heavy atom. The van der Waals surface area contributed by atoms with E-state index in [4.69, 9.17) is 5.11 Å². The molecule has 0 unspecified atom stereocenters. The number of urea groups is 1. The Hall–Kier alpha value is -2.04. The number of benzene rings is 1. The smallest absolute Gasteiger partial charge is 0.324 e. The van der Waals surface area contributed by atoms with Crippen LogP contribution in [0.2, 0.25) is 0 Å². The number of carbonyl (C=O) groups excluding carboxylic acids is 1. The van der Waals surface area contributed by atoms with E-state index in [1.165, 1.54) is 11.1 Å². The van der Waals surface area contributed by atoms with E-state index in [1.54, 1.807) is 9.80 Å². The van der Waals surface area contributed by atoms with Gasteiger partial charge in [0.2, 0.25) is 0 Å².